The van der Waals surface area contributed by atoms with Crippen molar-refractivity contribution in [3.63, 3.8) is 0 Å². The normalized spacial score (nSPS) is 12.9. The van der Waals surface area contributed by atoms with E-state index in [0.717, 1.165) is 6.07 Å². The Morgan fingerprint density at radius 1 is 1.07 bits per heavy atom. The highest BCUT2D eigenvalue weighted by Crippen LogP contribution is 2.44. The molecular weight excluding hydrogens is 219 g/mol. The van der Waals surface area contributed by atoms with Gasteiger partial charge in [-0.2, -0.15) is 22.0 Å². The van der Waals surface area contributed by atoms with Crippen LogP contribution < -0.4 is 0 Å². The number of alkyl halides is 5. The molecule has 0 fully saturated rings. The molecule has 0 saturated carbocycles. The van der Waals surface area contributed by atoms with Crippen LogP contribution in [-0.4, -0.2) is 11.3 Å². The molecule has 1 N–H and O–H groups in total. The van der Waals surface area contributed by atoms with Gasteiger partial charge in [0.05, 0.1) is 0 Å². The van der Waals surface area contributed by atoms with Crippen LogP contribution in [0.25, 0.3) is 0 Å². The minimum absolute atomic E-state index is 0.0311. The third-order valence-electron chi connectivity index (χ3n) is 1.92. The van der Waals surface area contributed by atoms with Crippen LogP contribution in [0, 0.1) is 6.92 Å². The van der Waals surface area contributed by atoms with Gasteiger partial charge in [0.2, 0.25) is 0 Å². The molecular formula is C9H7F5O. The van der Waals surface area contributed by atoms with Crippen LogP contribution in [0.2, 0.25) is 0 Å². The van der Waals surface area contributed by atoms with Crippen molar-refractivity contribution in [2.24, 2.45) is 0 Å². The number of phenols is 1. The third kappa shape index (κ3) is 2.03. The van der Waals surface area contributed by atoms with E-state index in [1.165, 1.54) is 6.92 Å². The van der Waals surface area contributed by atoms with E-state index in [-0.39, 0.29) is 11.3 Å². The molecule has 0 amide bonds. The van der Waals surface area contributed by atoms with E-state index < -0.39 is 17.7 Å². The Morgan fingerprint density at radius 3 is 2.00 bits per heavy atom. The Labute approximate surface area is 82.1 Å². The minimum atomic E-state index is -5.63. The highest BCUT2D eigenvalue weighted by Gasteiger charge is 2.58. The van der Waals surface area contributed by atoms with E-state index in [9.17, 15) is 22.0 Å². The summed E-state index contributed by atoms with van der Waals surface area (Å²) in [6.45, 7) is 1.24. The second-order valence-electron chi connectivity index (χ2n) is 3.07. The standard InChI is InChI=1S/C9H7F5O/c1-5-4-6(2-3-7(5)15)8(10,11)9(12,13)14/h2-4,15H,1H3. The number of halogens is 5. The highest BCUT2D eigenvalue weighted by molar-refractivity contribution is 5.37. The summed E-state index contributed by atoms with van der Waals surface area (Å²) in [4.78, 5) is 0. The molecule has 0 aromatic heterocycles. The number of hydrogen-bond acceptors (Lipinski definition) is 1. The monoisotopic (exact) mass is 226 g/mol. The Bertz CT molecular complexity index is 369. The van der Waals surface area contributed by atoms with Gasteiger partial charge in [0.25, 0.3) is 0 Å². The summed E-state index contributed by atoms with van der Waals surface area (Å²) >= 11 is 0. The zero-order valence-electron chi connectivity index (χ0n) is 7.57. The van der Waals surface area contributed by atoms with Crippen LogP contribution in [-0.2, 0) is 5.92 Å². The summed E-state index contributed by atoms with van der Waals surface area (Å²) in [7, 11) is 0. The first-order valence-corrected chi connectivity index (χ1v) is 3.91. The predicted molar refractivity (Wildman–Crippen MR) is 42.8 cm³/mol. The molecule has 0 heterocycles. The molecule has 84 valence electrons. The summed E-state index contributed by atoms with van der Waals surface area (Å²) in [6.07, 6.45) is -5.63. The first-order valence-electron chi connectivity index (χ1n) is 3.91. The molecule has 0 saturated heterocycles. The van der Waals surface area contributed by atoms with Crippen molar-refractivity contribution in [2.75, 3.05) is 0 Å². The predicted octanol–water partition coefficient (Wildman–Crippen LogP) is 3.35. The number of aryl methyl sites for hydroxylation is 1. The molecule has 15 heavy (non-hydrogen) atoms. The fourth-order valence-corrected chi connectivity index (χ4v) is 1.01. The van der Waals surface area contributed by atoms with Gasteiger partial charge in [0, 0.05) is 5.56 Å². The summed E-state index contributed by atoms with van der Waals surface area (Å²) in [6, 6.07) is 1.98. The average molecular weight is 226 g/mol. The van der Waals surface area contributed by atoms with E-state index in [0.29, 0.717) is 12.1 Å². The molecule has 0 atom stereocenters. The molecule has 0 spiro atoms. The smallest absolute Gasteiger partial charge is 0.458 e. The first-order chi connectivity index (χ1) is 6.66. The van der Waals surface area contributed by atoms with Crippen molar-refractivity contribution in [2.45, 2.75) is 19.0 Å². The molecule has 0 aliphatic heterocycles. The van der Waals surface area contributed by atoms with Gasteiger partial charge in [-0.1, -0.05) is 0 Å². The van der Waals surface area contributed by atoms with Crippen molar-refractivity contribution >= 4 is 0 Å². The zero-order chi connectivity index (χ0) is 11.9. The van der Waals surface area contributed by atoms with Gasteiger partial charge in [-0.25, -0.2) is 0 Å². The quantitative estimate of drug-likeness (QED) is 0.728. The van der Waals surface area contributed by atoms with Gasteiger partial charge in [0.1, 0.15) is 5.75 Å². The number of hydrogen-bond donors (Lipinski definition) is 1. The van der Waals surface area contributed by atoms with Crippen LogP contribution in [0.5, 0.6) is 5.75 Å². The fraction of sp³-hybridized carbons (Fsp3) is 0.333. The topological polar surface area (TPSA) is 20.2 Å². The van der Waals surface area contributed by atoms with E-state index in [2.05, 4.69) is 0 Å². The molecule has 0 unspecified atom stereocenters. The summed E-state index contributed by atoms with van der Waals surface area (Å²) in [5, 5.41) is 8.99. The van der Waals surface area contributed by atoms with Crippen molar-refractivity contribution < 1.29 is 27.1 Å². The van der Waals surface area contributed by atoms with E-state index in [1.54, 1.807) is 0 Å². The lowest BCUT2D eigenvalue weighted by Gasteiger charge is -2.20. The lowest BCUT2D eigenvalue weighted by Crippen LogP contribution is -2.33. The fourth-order valence-electron chi connectivity index (χ4n) is 1.01. The zero-order valence-corrected chi connectivity index (χ0v) is 7.57. The second kappa shape index (κ2) is 3.36. The van der Waals surface area contributed by atoms with Gasteiger partial charge in [-0.15, -0.1) is 0 Å². The van der Waals surface area contributed by atoms with Crippen LogP contribution >= 0.6 is 0 Å². The Hall–Kier alpha value is -1.33. The number of aromatic hydroxyl groups is 1. The Kier molecular flexibility index (Phi) is 2.63. The summed E-state index contributed by atoms with van der Waals surface area (Å²) in [5.41, 5.74) is -1.21. The second-order valence-corrected chi connectivity index (χ2v) is 3.07. The SMILES string of the molecule is Cc1cc(C(F)(F)C(F)(F)F)ccc1O. The van der Waals surface area contributed by atoms with E-state index >= 15 is 0 Å². The summed E-state index contributed by atoms with van der Waals surface area (Å²) in [5.74, 6) is -5.22. The Balaban J connectivity index is 3.22. The molecule has 1 nitrogen and oxygen atoms in total. The van der Waals surface area contributed by atoms with Crippen LogP contribution in [0.1, 0.15) is 11.1 Å². The van der Waals surface area contributed by atoms with Gasteiger partial charge < -0.3 is 5.11 Å². The number of phenolic OH excluding ortho intramolecular Hbond substituents is 1. The molecule has 0 bridgehead atoms. The molecule has 6 heteroatoms. The molecule has 1 rings (SSSR count). The molecule has 1 aromatic rings. The largest absolute Gasteiger partial charge is 0.508 e. The van der Waals surface area contributed by atoms with Crippen LogP contribution in [0.3, 0.4) is 0 Å². The highest BCUT2D eigenvalue weighted by atomic mass is 19.4. The number of rotatable bonds is 1. The summed E-state index contributed by atoms with van der Waals surface area (Å²) < 4.78 is 61.4. The van der Waals surface area contributed by atoms with Gasteiger partial charge in [-0.3, -0.25) is 0 Å². The van der Waals surface area contributed by atoms with Gasteiger partial charge in [0.15, 0.2) is 0 Å². The minimum Gasteiger partial charge on any atom is -0.508 e. The van der Waals surface area contributed by atoms with E-state index in [1.807, 2.05) is 0 Å². The van der Waals surface area contributed by atoms with Crippen LogP contribution in [0.4, 0.5) is 22.0 Å². The first kappa shape index (κ1) is 11.7. The van der Waals surface area contributed by atoms with Crippen LogP contribution in [0.15, 0.2) is 18.2 Å². The molecule has 0 aliphatic carbocycles. The third-order valence-corrected chi connectivity index (χ3v) is 1.92. The lowest BCUT2D eigenvalue weighted by atomic mass is 10.0. The van der Waals surface area contributed by atoms with Crippen molar-refractivity contribution in [1.82, 2.24) is 0 Å². The van der Waals surface area contributed by atoms with Crippen molar-refractivity contribution in [3.05, 3.63) is 29.3 Å². The average Bonchev–Trinajstić information content (AvgIpc) is 2.07. The van der Waals surface area contributed by atoms with Crippen molar-refractivity contribution in [1.29, 1.82) is 0 Å². The molecule has 0 aliphatic rings. The van der Waals surface area contributed by atoms with Gasteiger partial charge in [-0.05, 0) is 30.7 Å². The Morgan fingerprint density at radius 2 is 1.60 bits per heavy atom. The number of benzene rings is 1. The maximum absolute atomic E-state index is 12.8. The molecule has 0 radical (unpaired) electrons. The van der Waals surface area contributed by atoms with Crippen molar-refractivity contribution in [3.8, 4) is 5.75 Å². The maximum atomic E-state index is 12.8. The van der Waals surface area contributed by atoms with E-state index in [4.69, 9.17) is 5.11 Å². The lowest BCUT2D eigenvalue weighted by molar-refractivity contribution is -0.289. The molecule has 1 aromatic carbocycles. The maximum Gasteiger partial charge on any atom is 0.458 e. The van der Waals surface area contributed by atoms with Gasteiger partial charge >= 0.3 is 12.1 Å².